The molecule has 0 bridgehead atoms. The molecule has 2 aromatic rings. The Morgan fingerprint density at radius 1 is 1.36 bits per heavy atom. The van der Waals surface area contributed by atoms with Gasteiger partial charge in [0.25, 0.3) is 5.91 Å². The van der Waals surface area contributed by atoms with Crippen molar-refractivity contribution in [1.29, 1.82) is 0 Å². The Hall–Kier alpha value is -2.42. The molecule has 0 unspecified atom stereocenters. The number of thioether (sulfide) groups is 1. The van der Waals surface area contributed by atoms with E-state index < -0.39 is 17.9 Å². The Balaban J connectivity index is 2.00. The van der Waals surface area contributed by atoms with Gasteiger partial charge < -0.3 is 10.1 Å². The highest BCUT2D eigenvalue weighted by Crippen LogP contribution is 2.06. The van der Waals surface area contributed by atoms with Crippen molar-refractivity contribution in [2.75, 3.05) is 19.1 Å². The van der Waals surface area contributed by atoms with Crippen LogP contribution in [-0.4, -0.2) is 52.0 Å². The summed E-state index contributed by atoms with van der Waals surface area (Å²) in [7, 11) is 1.28. The van der Waals surface area contributed by atoms with Gasteiger partial charge in [-0.2, -0.15) is 11.8 Å². The molecule has 9 heteroatoms. The number of carbonyl (C=O) groups excluding carboxylic acids is 2. The Morgan fingerprint density at radius 3 is 2.72 bits per heavy atom. The second kappa shape index (κ2) is 9.16. The maximum absolute atomic E-state index is 12.9. The zero-order valence-corrected chi connectivity index (χ0v) is 14.8. The molecule has 1 aromatic carbocycles. The molecule has 0 radical (unpaired) electrons. The predicted octanol–water partition coefficient (Wildman–Crippen LogP) is 1.49. The van der Waals surface area contributed by atoms with Gasteiger partial charge in [0, 0.05) is 0 Å². The molecule has 0 aliphatic carbocycles. The average molecular weight is 366 g/mol. The molecule has 0 saturated heterocycles. The van der Waals surface area contributed by atoms with E-state index in [9.17, 15) is 14.0 Å². The van der Waals surface area contributed by atoms with Crippen LogP contribution in [0.25, 0.3) is 0 Å². The first-order chi connectivity index (χ1) is 12.0. The highest BCUT2D eigenvalue weighted by atomic mass is 32.2. The minimum Gasteiger partial charge on any atom is -0.467 e. The number of amides is 1. The van der Waals surface area contributed by atoms with Crippen molar-refractivity contribution in [1.82, 2.24) is 20.3 Å². The van der Waals surface area contributed by atoms with Gasteiger partial charge in [-0.15, -0.1) is 5.10 Å². The van der Waals surface area contributed by atoms with Crippen molar-refractivity contribution in [3.63, 3.8) is 0 Å². The summed E-state index contributed by atoms with van der Waals surface area (Å²) in [5.74, 6) is -0.610. The molecule has 0 fully saturated rings. The largest absolute Gasteiger partial charge is 0.467 e. The van der Waals surface area contributed by atoms with Gasteiger partial charge in [-0.25, -0.2) is 13.9 Å². The summed E-state index contributed by atoms with van der Waals surface area (Å²) < 4.78 is 19.1. The van der Waals surface area contributed by atoms with Crippen molar-refractivity contribution in [2.24, 2.45) is 0 Å². The number of hydrogen-bond acceptors (Lipinski definition) is 6. The van der Waals surface area contributed by atoms with E-state index in [1.165, 1.54) is 30.1 Å². The Bertz CT molecular complexity index is 720. The number of methoxy groups -OCH3 is 1. The van der Waals surface area contributed by atoms with Crippen LogP contribution in [0.4, 0.5) is 4.39 Å². The Morgan fingerprint density at radius 2 is 2.08 bits per heavy atom. The van der Waals surface area contributed by atoms with Crippen molar-refractivity contribution in [3.8, 4) is 0 Å². The summed E-state index contributed by atoms with van der Waals surface area (Å²) >= 11 is 1.57. The van der Waals surface area contributed by atoms with Crippen molar-refractivity contribution in [3.05, 3.63) is 47.5 Å². The van der Waals surface area contributed by atoms with Crippen LogP contribution in [0.1, 0.15) is 22.5 Å². The molecule has 1 amide bonds. The van der Waals surface area contributed by atoms with E-state index in [0.29, 0.717) is 18.7 Å². The quantitative estimate of drug-likeness (QED) is 0.713. The lowest BCUT2D eigenvalue weighted by Gasteiger charge is -2.14. The molecule has 0 spiro atoms. The molecule has 1 heterocycles. The van der Waals surface area contributed by atoms with Crippen LogP contribution in [0, 0.1) is 5.82 Å². The normalized spacial score (nSPS) is 11.8. The van der Waals surface area contributed by atoms with Crippen molar-refractivity contribution < 1.29 is 18.7 Å². The molecule has 2 rings (SSSR count). The molecule has 25 heavy (non-hydrogen) atoms. The molecular formula is C16H19FN4O3S. The number of hydrogen-bond donors (Lipinski definition) is 1. The van der Waals surface area contributed by atoms with Crippen molar-refractivity contribution >= 4 is 23.6 Å². The number of nitrogens with zero attached hydrogens (tertiary/aromatic N) is 3. The average Bonchev–Trinajstić information content (AvgIpc) is 3.08. The van der Waals surface area contributed by atoms with Crippen LogP contribution in [-0.2, 0) is 16.1 Å². The fourth-order valence-electron chi connectivity index (χ4n) is 2.12. The first kappa shape index (κ1) is 18.9. The minimum atomic E-state index is -0.729. The van der Waals surface area contributed by atoms with E-state index in [1.807, 2.05) is 6.26 Å². The Kier molecular flexibility index (Phi) is 6.93. The van der Waals surface area contributed by atoms with E-state index in [4.69, 9.17) is 4.74 Å². The van der Waals surface area contributed by atoms with Gasteiger partial charge in [0.05, 0.1) is 19.9 Å². The lowest BCUT2D eigenvalue weighted by molar-refractivity contribution is -0.142. The van der Waals surface area contributed by atoms with Gasteiger partial charge in [-0.1, -0.05) is 17.3 Å². The zero-order valence-electron chi connectivity index (χ0n) is 13.9. The van der Waals surface area contributed by atoms with Gasteiger partial charge in [0.15, 0.2) is 5.69 Å². The summed E-state index contributed by atoms with van der Waals surface area (Å²) in [6.07, 6.45) is 3.85. The number of ether oxygens (including phenoxy) is 1. The van der Waals surface area contributed by atoms with E-state index in [-0.39, 0.29) is 11.5 Å². The molecule has 1 N–H and O–H groups in total. The van der Waals surface area contributed by atoms with E-state index in [0.717, 1.165) is 5.56 Å². The maximum Gasteiger partial charge on any atom is 0.328 e. The second-order valence-corrected chi connectivity index (χ2v) is 6.24. The highest BCUT2D eigenvalue weighted by molar-refractivity contribution is 7.98. The Labute approximate surface area is 148 Å². The second-order valence-electron chi connectivity index (χ2n) is 5.26. The fourth-order valence-corrected chi connectivity index (χ4v) is 2.59. The van der Waals surface area contributed by atoms with Crippen molar-refractivity contribution in [2.45, 2.75) is 19.0 Å². The van der Waals surface area contributed by atoms with Crippen LogP contribution in [0.15, 0.2) is 30.5 Å². The molecule has 0 aliphatic heterocycles. The minimum absolute atomic E-state index is 0.0974. The fraction of sp³-hybridized carbons (Fsp3) is 0.375. The molecular weight excluding hydrogens is 347 g/mol. The summed E-state index contributed by atoms with van der Waals surface area (Å²) in [5.41, 5.74) is 0.922. The first-order valence-corrected chi connectivity index (χ1v) is 8.95. The lowest BCUT2D eigenvalue weighted by atomic mass is 10.2. The van der Waals surface area contributed by atoms with Gasteiger partial charge >= 0.3 is 5.97 Å². The third-order valence-corrected chi connectivity index (χ3v) is 4.07. The van der Waals surface area contributed by atoms with Gasteiger partial charge in [0.1, 0.15) is 11.9 Å². The number of benzene rings is 1. The van der Waals surface area contributed by atoms with E-state index in [1.54, 1.807) is 23.9 Å². The van der Waals surface area contributed by atoms with Gasteiger partial charge in [0.2, 0.25) is 0 Å². The topological polar surface area (TPSA) is 86.1 Å². The number of esters is 1. The standard InChI is InChI=1S/C16H19FN4O3S/c1-24-16(23)13(7-8-25-2)18-15(22)14-10-21(20-19-14)9-11-3-5-12(17)6-4-11/h3-6,10,13H,7-9H2,1-2H3,(H,18,22)/t13-/m0/s1. The molecule has 1 atom stereocenters. The van der Waals surface area contributed by atoms with E-state index in [2.05, 4.69) is 15.6 Å². The number of carbonyl (C=O) groups is 2. The van der Waals surface area contributed by atoms with Gasteiger partial charge in [-0.3, -0.25) is 4.79 Å². The summed E-state index contributed by atoms with van der Waals surface area (Å²) in [4.78, 5) is 24.0. The van der Waals surface area contributed by atoms with Crippen LogP contribution in [0.2, 0.25) is 0 Å². The van der Waals surface area contributed by atoms with Crippen LogP contribution < -0.4 is 5.32 Å². The third kappa shape index (κ3) is 5.56. The van der Waals surface area contributed by atoms with Crippen LogP contribution in [0.3, 0.4) is 0 Å². The highest BCUT2D eigenvalue weighted by Gasteiger charge is 2.23. The SMILES string of the molecule is COC(=O)[C@H](CCSC)NC(=O)c1cn(Cc2ccc(F)cc2)nn1. The van der Waals surface area contributed by atoms with E-state index >= 15 is 0 Å². The summed E-state index contributed by atoms with van der Waals surface area (Å²) in [5, 5.41) is 10.3. The van der Waals surface area contributed by atoms with Crippen LogP contribution >= 0.6 is 11.8 Å². The maximum atomic E-state index is 12.9. The lowest BCUT2D eigenvalue weighted by Crippen LogP contribution is -2.42. The predicted molar refractivity (Wildman–Crippen MR) is 91.8 cm³/mol. The third-order valence-electron chi connectivity index (χ3n) is 3.43. The molecule has 7 nitrogen and oxygen atoms in total. The monoisotopic (exact) mass is 366 g/mol. The number of rotatable bonds is 8. The number of nitrogens with one attached hydrogen (secondary N) is 1. The number of halogens is 1. The molecule has 1 aromatic heterocycles. The number of aromatic nitrogens is 3. The smallest absolute Gasteiger partial charge is 0.328 e. The molecule has 0 aliphatic rings. The summed E-state index contributed by atoms with van der Waals surface area (Å²) in [6.45, 7) is 0.355. The molecule has 134 valence electrons. The van der Waals surface area contributed by atoms with Crippen LogP contribution in [0.5, 0.6) is 0 Å². The summed E-state index contributed by atoms with van der Waals surface area (Å²) in [6, 6.07) is 5.24. The van der Waals surface area contributed by atoms with Gasteiger partial charge in [-0.05, 0) is 36.1 Å². The first-order valence-electron chi connectivity index (χ1n) is 7.55. The zero-order chi connectivity index (χ0) is 18.2. The molecule has 0 saturated carbocycles.